The number of carboxylic acid groups (broad SMARTS) is 1. The van der Waals surface area contributed by atoms with Crippen molar-refractivity contribution in [3.8, 4) is 0 Å². The van der Waals surface area contributed by atoms with Crippen molar-refractivity contribution in [1.29, 1.82) is 0 Å². The number of hydrogen-bond acceptors (Lipinski definition) is 4. The molecule has 2 aromatic carbocycles. The number of benzene rings is 2. The summed E-state index contributed by atoms with van der Waals surface area (Å²) in [5.74, 6) is -1.02. The van der Waals surface area contributed by atoms with E-state index in [1.807, 2.05) is 0 Å². The summed E-state index contributed by atoms with van der Waals surface area (Å²) in [6.07, 6.45) is 0. The summed E-state index contributed by atoms with van der Waals surface area (Å²) in [5.41, 5.74) is 2.09. The van der Waals surface area contributed by atoms with Gasteiger partial charge in [-0.2, -0.15) is 0 Å². The molecule has 0 aliphatic heterocycles. The first-order valence-electron chi connectivity index (χ1n) is 5.93. The van der Waals surface area contributed by atoms with E-state index in [4.69, 9.17) is 5.11 Å². The number of carbonyl (C=O) groups is 1. The maximum Gasteiger partial charge on any atom is 0.335 e. The Kier molecular flexibility index (Phi) is 4.23. The van der Waals surface area contributed by atoms with E-state index in [1.165, 1.54) is 24.3 Å². The Morgan fingerprint density at radius 2 is 2.00 bits per heavy atom. The van der Waals surface area contributed by atoms with Crippen LogP contribution in [0.2, 0.25) is 0 Å². The Morgan fingerprint density at radius 1 is 1.29 bits per heavy atom. The zero-order valence-electron chi connectivity index (χ0n) is 11.0. The number of nitro groups is 1. The first-order chi connectivity index (χ1) is 9.86. The van der Waals surface area contributed by atoms with Crippen molar-refractivity contribution in [3.05, 3.63) is 62.1 Å². The van der Waals surface area contributed by atoms with E-state index in [2.05, 4.69) is 21.2 Å². The van der Waals surface area contributed by atoms with Crippen LogP contribution in [-0.4, -0.2) is 16.0 Å². The van der Waals surface area contributed by atoms with Crippen LogP contribution in [0.5, 0.6) is 0 Å². The van der Waals surface area contributed by atoms with Crippen molar-refractivity contribution in [2.24, 2.45) is 0 Å². The maximum absolute atomic E-state index is 10.9. The monoisotopic (exact) mass is 350 g/mol. The van der Waals surface area contributed by atoms with E-state index >= 15 is 0 Å². The number of nitrogens with zero attached hydrogens (tertiary/aromatic N) is 1. The summed E-state index contributed by atoms with van der Waals surface area (Å²) in [6.45, 7) is 1.76. The van der Waals surface area contributed by atoms with Crippen molar-refractivity contribution >= 4 is 39.0 Å². The molecule has 0 bridgehead atoms. The minimum absolute atomic E-state index is 0.00391. The molecule has 108 valence electrons. The zero-order chi connectivity index (χ0) is 15.6. The van der Waals surface area contributed by atoms with Crippen molar-refractivity contribution in [2.75, 3.05) is 5.32 Å². The first kappa shape index (κ1) is 15.0. The number of anilines is 2. The average molecular weight is 351 g/mol. The normalized spacial score (nSPS) is 10.2. The molecule has 0 unspecified atom stereocenters. The second-order valence-electron chi connectivity index (χ2n) is 4.44. The molecule has 0 radical (unpaired) electrons. The zero-order valence-corrected chi connectivity index (χ0v) is 12.5. The van der Waals surface area contributed by atoms with Crippen molar-refractivity contribution in [2.45, 2.75) is 6.92 Å². The van der Waals surface area contributed by atoms with Crippen LogP contribution in [0, 0.1) is 17.0 Å². The molecule has 2 aromatic rings. The number of halogens is 1. The molecule has 7 heteroatoms. The molecule has 0 saturated carbocycles. The Morgan fingerprint density at radius 3 is 2.57 bits per heavy atom. The number of aryl methyl sites for hydroxylation is 1. The molecule has 0 aliphatic rings. The van der Waals surface area contributed by atoms with Gasteiger partial charge in [0.25, 0.3) is 5.69 Å². The molecule has 0 heterocycles. The summed E-state index contributed by atoms with van der Waals surface area (Å²) in [6, 6.07) is 9.19. The highest BCUT2D eigenvalue weighted by Gasteiger charge is 2.10. The van der Waals surface area contributed by atoms with Gasteiger partial charge in [0.05, 0.1) is 16.2 Å². The van der Waals surface area contributed by atoms with Crippen LogP contribution < -0.4 is 5.32 Å². The molecule has 0 fully saturated rings. The number of nitrogens with one attached hydrogen (secondary N) is 1. The summed E-state index contributed by atoms with van der Waals surface area (Å²) >= 11 is 3.28. The standard InChI is InChI=1S/C14H11BrN2O4/c1-8-4-10(7-11(5-8)17(20)21)16-13-3-2-9(14(18)19)6-12(13)15/h2-7,16H,1H3,(H,18,19). The highest BCUT2D eigenvalue weighted by atomic mass is 79.9. The Hall–Kier alpha value is -2.41. The van der Waals surface area contributed by atoms with Gasteiger partial charge in [-0.25, -0.2) is 4.79 Å². The SMILES string of the molecule is Cc1cc(Nc2ccc(C(=O)O)cc2Br)cc([N+](=O)[O-])c1. The second kappa shape index (κ2) is 5.92. The smallest absolute Gasteiger partial charge is 0.335 e. The fraction of sp³-hybridized carbons (Fsp3) is 0.0714. The average Bonchev–Trinajstić information content (AvgIpc) is 2.40. The Bertz CT molecular complexity index is 731. The van der Waals surface area contributed by atoms with Gasteiger partial charge in [-0.3, -0.25) is 10.1 Å². The van der Waals surface area contributed by atoms with Crippen molar-refractivity contribution in [1.82, 2.24) is 0 Å². The Balaban J connectivity index is 2.34. The van der Waals surface area contributed by atoms with Crippen LogP contribution in [0.25, 0.3) is 0 Å². The van der Waals surface area contributed by atoms with Crippen LogP contribution in [0.3, 0.4) is 0 Å². The van der Waals surface area contributed by atoms with Crippen molar-refractivity contribution < 1.29 is 14.8 Å². The van der Waals surface area contributed by atoms with Gasteiger partial charge in [0.2, 0.25) is 0 Å². The highest BCUT2D eigenvalue weighted by molar-refractivity contribution is 9.10. The van der Waals surface area contributed by atoms with Gasteiger partial charge in [-0.1, -0.05) is 0 Å². The molecular formula is C14H11BrN2O4. The minimum atomic E-state index is -1.02. The van der Waals surface area contributed by atoms with Crippen LogP contribution in [-0.2, 0) is 0 Å². The third kappa shape index (κ3) is 3.57. The fourth-order valence-corrected chi connectivity index (χ4v) is 2.32. The van der Waals surface area contributed by atoms with E-state index in [9.17, 15) is 14.9 Å². The van der Waals surface area contributed by atoms with E-state index in [1.54, 1.807) is 19.1 Å². The fourth-order valence-electron chi connectivity index (χ4n) is 1.85. The van der Waals surface area contributed by atoms with Gasteiger partial charge in [0, 0.05) is 22.3 Å². The molecule has 0 aliphatic carbocycles. The number of hydrogen-bond donors (Lipinski definition) is 2. The lowest BCUT2D eigenvalue weighted by molar-refractivity contribution is -0.384. The molecule has 21 heavy (non-hydrogen) atoms. The summed E-state index contributed by atoms with van der Waals surface area (Å²) in [7, 11) is 0. The van der Waals surface area contributed by atoms with E-state index in [-0.39, 0.29) is 11.3 Å². The van der Waals surface area contributed by atoms with Gasteiger partial charge in [0.15, 0.2) is 0 Å². The van der Waals surface area contributed by atoms with Gasteiger partial charge >= 0.3 is 5.97 Å². The first-order valence-corrected chi connectivity index (χ1v) is 6.72. The summed E-state index contributed by atoms with van der Waals surface area (Å²) in [5, 5.41) is 22.8. The number of rotatable bonds is 4. The maximum atomic E-state index is 10.9. The van der Waals surface area contributed by atoms with Crippen LogP contribution in [0.15, 0.2) is 40.9 Å². The van der Waals surface area contributed by atoms with Crippen LogP contribution in [0.4, 0.5) is 17.1 Å². The summed E-state index contributed by atoms with van der Waals surface area (Å²) in [4.78, 5) is 21.3. The predicted molar refractivity (Wildman–Crippen MR) is 82.2 cm³/mol. The molecule has 0 amide bonds. The third-order valence-corrected chi connectivity index (χ3v) is 3.42. The largest absolute Gasteiger partial charge is 0.478 e. The highest BCUT2D eigenvalue weighted by Crippen LogP contribution is 2.29. The molecule has 0 saturated heterocycles. The summed E-state index contributed by atoms with van der Waals surface area (Å²) < 4.78 is 0.562. The molecule has 0 aromatic heterocycles. The lowest BCUT2D eigenvalue weighted by atomic mass is 10.1. The van der Waals surface area contributed by atoms with Gasteiger partial charge in [-0.15, -0.1) is 0 Å². The number of aromatic carboxylic acids is 1. The number of carboxylic acids is 1. The number of nitro benzene ring substituents is 1. The quantitative estimate of drug-likeness (QED) is 0.639. The molecule has 0 spiro atoms. The van der Waals surface area contributed by atoms with E-state index in [0.717, 1.165) is 5.56 Å². The molecule has 2 N–H and O–H groups in total. The van der Waals surface area contributed by atoms with Gasteiger partial charge < -0.3 is 10.4 Å². The van der Waals surface area contributed by atoms with Gasteiger partial charge in [-0.05, 0) is 52.7 Å². The van der Waals surface area contributed by atoms with Crippen LogP contribution >= 0.6 is 15.9 Å². The van der Waals surface area contributed by atoms with E-state index < -0.39 is 10.9 Å². The predicted octanol–water partition coefficient (Wildman–Crippen LogP) is 4.11. The molecule has 0 atom stereocenters. The second-order valence-corrected chi connectivity index (χ2v) is 5.29. The third-order valence-electron chi connectivity index (χ3n) is 2.77. The minimum Gasteiger partial charge on any atom is -0.478 e. The number of non-ortho nitro benzene ring substituents is 1. The Labute approximate surface area is 128 Å². The van der Waals surface area contributed by atoms with Gasteiger partial charge in [0.1, 0.15) is 0 Å². The lowest BCUT2D eigenvalue weighted by Gasteiger charge is -2.10. The molecule has 6 nitrogen and oxygen atoms in total. The lowest BCUT2D eigenvalue weighted by Crippen LogP contribution is -1.99. The van der Waals surface area contributed by atoms with E-state index in [0.29, 0.717) is 15.8 Å². The molecule has 2 rings (SSSR count). The van der Waals surface area contributed by atoms with Crippen molar-refractivity contribution in [3.63, 3.8) is 0 Å². The molecular weight excluding hydrogens is 340 g/mol. The topological polar surface area (TPSA) is 92.5 Å². The van der Waals surface area contributed by atoms with Crippen LogP contribution in [0.1, 0.15) is 15.9 Å².